The highest BCUT2D eigenvalue weighted by molar-refractivity contribution is 6.30. The molecule has 0 saturated heterocycles. The number of ether oxygens (including phenoxy) is 1. The van der Waals surface area contributed by atoms with Gasteiger partial charge in [0.2, 0.25) is 0 Å². The maximum absolute atomic E-state index is 12.1. The maximum Gasteiger partial charge on any atom is 0.269 e. The second kappa shape index (κ2) is 8.17. The average Bonchev–Trinajstić information content (AvgIpc) is 2.59. The number of nitrogens with one attached hydrogen (secondary N) is 2. The molecule has 0 saturated carbocycles. The molecule has 0 heterocycles. The second-order valence-corrected chi connectivity index (χ2v) is 5.45. The van der Waals surface area contributed by atoms with Crippen LogP contribution in [0.4, 0.5) is 0 Å². The van der Waals surface area contributed by atoms with Crippen molar-refractivity contribution in [3.63, 3.8) is 0 Å². The summed E-state index contributed by atoms with van der Waals surface area (Å²) in [6.07, 6.45) is 1.40. The number of halogens is 1. The highest BCUT2D eigenvalue weighted by atomic mass is 35.5. The summed E-state index contributed by atoms with van der Waals surface area (Å²) < 4.78 is 5.05. The molecule has 2 N–H and O–H groups in total. The van der Waals surface area contributed by atoms with Crippen LogP contribution in [-0.2, 0) is 0 Å². The van der Waals surface area contributed by atoms with E-state index in [1.165, 1.54) is 6.08 Å². The Kier molecular flexibility index (Phi) is 5.98. The average molecular weight is 345 g/mol. The Morgan fingerprint density at radius 2 is 1.75 bits per heavy atom. The number of carbonyl (C=O) groups excluding carboxylic acids is 2. The fourth-order valence-electron chi connectivity index (χ4n) is 1.93. The number of hydrogen-bond acceptors (Lipinski definition) is 4. The third kappa shape index (κ3) is 4.86. The summed E-state index contributed by atoms with van der Waals surface area (Å²) >= 11 is 5.84. The molecular weight excluding hydrogens is 328 g/mol. The molecule has 24 heavy (non-hydrogen) atoms. The lowest BCUT2D eigenvalue weighted by molar-refractivity contribution is 0.0936. The minimum Gasteiger partial charge on any atom is -0.497 e. The van der Waals surface area contributed by atoms with Gasteiger partial charge in [0.05, 0.1) is 7.11 Å². The molecule has 0 atom stereocenters. The van der Waals surface area contributed by atoms with Crippen LogP contribution < -0.4 is 15.6 Å². The van der Waals surface area contributed by atoms with Gasteiger partial charge in [0.1, 0.15) is 5.75 Å². The van der Waals surface area contributed by atoms with Crippen LogP contribution in [0, 0.1) is 0 Å². The first kappa shape index (κ1) is 17.6. The first-order valence-corrected chi connectivity index (χ1v) is 7.56. The molecule has 0 aliphatic rings. The highest BCUT2D eigenvalue weighted by Gasteiger charge is 2.07. The smallest absolute Gasteiger partial charge is 0.269 e. The van der Waals surface area contributed by atoms with Crippen LogP contribution in [0.2, 0.25) is 5.02 Å². The number of carbonyl (C=O) groups is 2. The Morgan fingerprint density at radius 3 is 2.38 bits per heavy atom. The molecule has 0 aliphatic carbocycles. The largest absolute Gasteiger partial charge is 0.497 e. The quantitative estimate of drug-likeness (QED) is 0.479. The van der Waals surface area contributed by atoms with Gasteiger partial charge in [-0.3, -0.25) is 15.0 Å². The van der Waals surface area contributed by atoms with Crippen molar-refractivity contribution in [2.75, 3.05) is 7.11 Å². The predicted octanol–water partition coefficient (Wildman–Crippen LogP) is 3.37. The number of benzene rings is 2. The Balaban J connectivity index is 1.95. The molecule has 1 amide bonds. The van der Waals surface area contributed by atoms with Crippen molar-refractivity contribution in [3.8, 4) is 5.75 Å². The van der Waals surface area contributed by atoms with Crippen LogP contribution >= 0.6 is 11.6 Å². The first-order chi connectivity index (χ1) is 11.5. The van der Waals surface area contributed by atoms with Crippen molar-refractivity contribution in [1.82, 2.24) is 10.9 Å². The second-order valence-electron chi connectivity index (χ2n) is 5.01. The van der Waals surface area contributed by atoms with E-state index in [9.17, 15) is 9.59 Å². The third-order valence-electron chi connectivity index (χ3n) is 3.18. The van der Waals surface area contributed by atoms with Gasteiger partial charge in [-0.15, -0.1) is 0 Å². The minimum atomic E-state index is -0.345. The number of amides is 1. The molecule has 124 valence electrons. The first-order valence-electron chi connectivity index (χ1n) is 7.18. The van der Waals surface area contributed by atoms with Gasteiger partial charge in [0, 0.05) is 27.9 Å². The normalized spacial score (nSPS) is 10.9. The molecule has 5 nitrogen and oxygen atoms in total. The molecule has 0 bridgehead atoms. The summed E-state index contributed by atoms with van der Waals surface area (Å²) in [5, 5.41) is 0.476. The summed E-state index contributed by atoms with van der Waals surface area (Å²) in [5.41, 5.74) is 6.66. The molecule has 0 unspecified atom stereocenters. The SMILES string of the molecule is COc1ccc(C(=O)/C=C(/C)NNC(=O)c2cccc(Cl)c2)cc1. The van der Waals surface area contributed by atoms with Crippen LogP contribution in [0.1, 0.15) is 27.6 Å². The van der Waals surface area contributed by atoms with E-state index >= 15 is 0 Å². The maximum atomic E-state index is 12.1. The molecule has 2 rings (SSSR count). The molecule has 2 aromatic carbocycles. The fourth-order valence-corrected chi connectivity index (χ4v) is 2.12. The van der Waals surface area contributed by atoms with E-state index in [4.69, 9.17) is 16.3 Å². The Bertz CT molecular complexity index is 770. The highest BCUT2D eigenvalue weighted by Crippen LogP contribution is 2.12. The summed E-state index contributed by atoms with van der Waals surface area (Å²) in [6, 6.07) is 13.3. The third-order valence-corrected chi connectivity index (χ3v) is 3.42. The summed E-state index contributed by atoms with van der Waals surface area (Å²) in [6.45, 7) is 1.68. The van der Waals surface area contributed by atoms with Gasteiger partial charge < -0.3 is 10.2 Å². The zero-order chi connectivity index (χ0) is 17.5. The number of allylic oxidation sites excluding steroid dienone is 2. The number of hydrazine groups is 1. The van der Waals surface area contributed by atoms with E-state index in [-0.39, 0.29) is 11.7 Å². The van der Waals surface area contributed by atoms with Gasteiger partial charge >= 0.3 is 0 Å². The molecule has 0 radical (unpaired) electrons. The molecule has 0 spiro atoms. The Labute approximate surface area is 145 Å². The van der Waals surface area contributed by atoms with E-state index in [1.807, 2.05) is 0 Å². The molecule has 6 heteroatoms. The van der Waals surface area contributed by atoms with E-state index < -0.39 is 0 Å². The van der Waals surface area contributed by atoms with E-state index in [0.29, 0.717) is 27.6 Å². The molecule has 0 aromatic heterocycles. The van der Waals surface area contributed by atoms with E-state index in [1.54, 1.807) is 62.6 Å². The molecule has 2 aromatic rings. The summed E-state index contributed by atoms with van der Waals surface area (Å²) in [7, 11) is 1.56. The minimum absolute atomic E-state index is 0.181. The van der Waals surface area contributed by atoms with Crippen LogP contribution in [0.3, 0.4) is 0 Å². The monoisotopic (exact) mass is 344 g/mol. The summed E-state index contributed by atoms with van der Waals surface area (Å²) in [4.78, 5) is 24.1. The Morgan fingerprint density at radius 1 is 1.04 bits per heavy atom. The number of rotatable bonds is 6. The van der Waals surface area contributed by atoms with E-state index in [0.717, 1.165) is 0 Å². The van der Waals surface area contributed by atoms with Crippen LogP contribution in [0.5, 0.6) is 5.75 Å². The standard InChI is InChI=1S/C18H17ClN2O3/c1-12(10-17(22)13-6-8-16(24-2)9-7-13)20-21-18(23)14-4-3-5-15(19)11-14/h3-11,20H,1-2H3,(H,21,23)/b12-10-. The lowest BCUT2D eigenvalue weighted by Gasteiger charge is -2.09. The predicted molar refractivity (Wildman–Crippen MR) is 93.1 cm³/mol. The number of ketones is 1. The van der Waals surface area contributed by atoms with Crippen molar-refractivity contribution in [3.05, 3.63) is 76.5 Å². The lowest BCUT2D eigenvalue weighted by Crippen LogP contribution is -2.36. The topological polar surface area (TPSA) is 67.4 Å². The van der Waals surface area contributed by atoms with E-state index in [2.05, 4.69) is 10.9 Å². The van der Waals surface area contributed by atoms with Gasteiger partial charge in [-0.05, 0) is 49.4 Å². The van der Waals surface area contributed by atoms with Gasteiger partial charge in [0.15, 0.2) is 5.78 Å². The zero-order valence-electron chi connectivity index (χ0n) is 13.3. The number of methoxy groups -OCH3 is 1. The lowest BCUT2D eigenvalue weighted by atomic mass is 10.1. The van der Waals surface area contributed by atoms with Crippen molar-refractivity contribution < 1.29 is 14.3 Å². The molecule has 0 fully saturated rings. The zero-order valence-corrected chi connectivity index (χ0v) is 14.1. The number of hydrogen-bond donors (Lipinski definition) is 2. The Hall–Kier alpha value is -2.79. The van der Waals surface area contributed by atoms with Crippen LogP contribution in [0.15, 0.2) is 60.3 Å². The van der Waals surface area contributed by atoms with Crippen molar-refractivity contribution in [1.29, 1.82) is 0 Å². The fraction of sp³-hybridized carbons (Fsp3) is 0.111. The van der Waals surface area contributed by atoms with Crippen molar-refractivity contribution >= 4 is 23.3 Å². The molecular formula is C18H17ClN2O3. The van der Waals surface area contributed by atoms with Gasteiger partial charge in [-0.1, -0.05) is 17.7 Å². The van der Waals surface area contributed by atoms with Crippen LogP contribution in [-0.4, -0.2) is 18.8 Å². The van der Waals surface area contributed by atoms with Crippen LogP contribution in [0.25, 0.3) is 0 Å². The van der Waals surface area contributed by atoms with Crippen molar-refractivity contribution in [2.24, 2.45) is 0 Å². The summed E-state index contributed by atoms with van der Waals surface area (Å²) in [5.74, 6) is 0.154. The van der Waals surface area contributed by atoms with Gasteiger partial charge in [0.25, 0.3) is 5.91 Å². The van der Waals surface area contributed by atoms with Gasteiger partial charge in [-0.2, -0.15) is 0 Å². The molecule has 0 aliphatic heterocycles. The van der Waals surface area contributed by atoms with Gasteiger partial charge in [-0.25, -0.2) is 0 Å². The van der Waals surface area contributed by atoms with Crippen molar-refractivity contribution in [2.45, 2.75) is 6.92 Å².